The van der Waals surface area contributed by atoms with E-state index in [9.17, 15) is 9.18 Å². The second kappa shape index (κ2) is 10.3. The molecule has 0 bridgehead atoms. The Morgan fingerprint density at radius 2 is 1.59 bits per heavy atom. The number of pyridine rings is 1. The molecule has 1 unspecified atom stereocenters. The molecular weight excluding hydrogens is 405 g/mol. The van der Waals surface area contributed by atoms with E-state index in [1.807, 2.05) is 46.2 Å². The van der Waals surface area contributed by atoms with Gasteiger partial charge in [-0.05, 0) is 73.7 Å². The molecule has 166 valence electrons. The van der Waals surface area contributed by atoms with Gasteiger partial charge in [-0.15, -0.1) is 0 Å². The van der Waals surface area contributed by atoms with Crippen molar-refractivity contribution < 1.29 is 13.9 Å². The van der Waals surface area contributed by atoms with E-state index in [1.165, 1.54) is 12.1 Å². The topological polar surface area (TPSA) is 45.7 Å². The van der Waals surface area contributed by atoms with Crippen molar-refractivity contribution in [2.24, 2.45) is 0 Å². The molecule has 6 heteroatoms. The number of hydrogen-bond acceptors (Lipinski definition) is 3. The summed E-state index contributed by atoms with van der Waals surface area (Å²) in [6.45, 7) is 4.21. The molecule has 0 radical (unpaired) electrons. The van der Waals surface area contributed by atoms with Crippen molar-refractivity contribution in [2.75, 3.05) is 24.6 Å². The number of aromatic nitrogens is 1. The van der Waals surface area contributed by atoms with Crippen molar-refractivity contribution in [3.8, 4) is 16.9 Å². The fourth-order valence-corrected chi connectivity index (χ4v) is 4.00. The van der Waals surface area contributed by atoms with Crippen LogP contribution in [-0.4, -0.2) is 41.7 Å². The summed E-state index contributed by atoms with van der Waals surface area (Å²) in [5.41, 5.74) is 2.91. The molecule has 2 amide bonds. The van der Waals surface area contributed by atoms with Gasteiger partial charge in [-0.3, -0.25) is 9.88 Å². The summed E-state index contributed by atoms with van der Waals surface area (Å²) in [6.07, 6.45) is 6.30. The smallest absolute Gasteiger partial charge is 0.324 e. The molecule has 1 aliphatic heterocycles. The van der Waals surface area contributed by atoms with Crippen LogP contribution in [-0.2, 0) is 0 Å². The summed E-state index contributed by atoms with van der Waals surface area (Å²) in [5.74, 6) is 0.592. The van der Waals surface area contributed by atoms with Crippen molar-refractivity contribution >= 4 is 11.7 Å². The van der Waals surface area contributed by atoms with E-state index in [0.29, 0.717) is 13.2 Å². The maximum Gasteiger partial charge on any atom is 0.324 e. The number of amides is 2. The number of carbonyl (C=O) groups excluding carboxylic acids is 1. The zero-order valence-electron chi connectivity index (χ0n) is 18.3. The minimum absolute atomic E-state index is 0.0706. The molecule has 3 aromatic rings. The van der Waals surface area contributed by atoms with Gasteiger partial charge in [-0.2, -0.15) is 0 Å². The summed E-state index contributed by atoms with van der Waals surface area (Å²) in [7, 11) is 0. The Balaban J connectivity index is 1.18. The monoisotopic (exact) mass is 433 g/mol. The van der Waals surface area contributed by atoms with E-state index in [1.54, 1.807) is 24.5 Å². The Labute approximate surface area is 188 Å². The number of benzene rings is 2. The number of urea groups is 1. The largest absolute Gasteiger partial charge is 0.494 e. The first kappa shape index (κ1) is 21.8. The molecule has 2 heterocycles. The van der Waals surface area contributed by atoms with Gasteiger partial charge in [-0.1, -0.05) is 24.3 Å². The number of ether oxygens (including phenoxy) is 1. The van der Waals surface area contributed by atoms with Gasteiger partial charge in [0.25, 0.3) is 0 Å². The van der Waals surface area contributed by atoms with E-state index >= 15 is 0 Å². The summed E-state index contributed by atoms with van der Waals surface area (Å²) in [4.78, 5) is 20.5. The quantitative estimate of drug-likeness (QED) is 0.403. The molecule has 0 saturated carbocycles. The van der Waals surface area contributed by atoms with Crippen LogP contribution in [0, 0.1) is 5.82 Å². The van der Waals surface area contributed by atoms with Gasteiger partial charge in [0, 0.05) is 37.2 Å². The van der Waals surface area contributed by atoms with Gasteiger partial charge in [0.1, 0.15) is 11.6 Å². The highest BCUT2D eigenvalue weighted by atomic mass is 19.1. The highest BCUT2D eigenvalue weighted by Gasteiger charge is 2.32. The van der Waals surface area contributed by atoms with Crippen molar-refractivity contribution in [3.05, 3.63) is 78.9 Å². The van der Waals surface area contributed by atoms with Crippen LogP contribution in [0.4, 0.5) is 14.9 Å². The molecule has 1 atom stereocenters. The lowest BCUT2D eigenvalue weighted by Gasteiger charge is -2.25. The molecule has 1 aromatic heterocycles. The van der Waals surface area contributed by atoms with Crippen molar-refractivity contribution in [1.29, 1.82) is 0 Å². The Morgan fingerprint density at radius 3 is 2.28 bits per heavy atom. The number of halogens is 1. The Kier molecular flexibility index (Phi) is 7.00. The fourth-order valence-electron chi connectivity index (χ4n) is 4.00. The minimum atomic E-state index is -0.233. The van der Waals surface area contributed by atoms with Crippen molar-refractivity contribution in [2.45, 2.75) is 32.2 Å². The third-order valence-electron chi connectivity index (χ3n) is 5.86. The standard InChI is InChI=1S/C26H28FN3O2/c1-20(29-17-18-30(26(29)31)24-13-15-28-16-14-24)4-2-3-19-32-25-11-7-22(8-12-25)21-5-9-23(27)10-6-21/h5-16,20H,2-4,17-19H2,1H3. The number of hydrogen-bond donors (Lipinski definition) is 0. The SMILES string of the molecule is CC(CCCCOc1ccc(-c2ccc(F)cc2)cc1)N1CCN(c2ccncc2)C1=O. The number of rotatable bonds is 9. The lowest BCUT2D eigenvalue weighted by atomic mass is 10.1. The number of nitrogens with zero attached hydrogens (tertiary/aromatic N) is 3. The van der Waals surface area contributed by atoms with Crippen LogP contribution >= 0.6 is 0 Å². The molecule has 2 aromatic carbocycles. The number of anilines is 1. The first-order valence-corrected chi connectivity index (χ1v) is 11.1. The van der Waals surface area contributed by atoms with Gasteiger partial charge in [-0.25, -0.2) is 9.18 Å². The highest BCUT2D eigenvalue weighted by molar-refractivity contribution is 5.94. The van der Waals surface area contributed by atoms with Crippen LogP contribution in [0.2, 0.25) is 0 Å². The van der Waals surface area contributed by atoms with Gasteiger partial charge >= 0.3 is 6.03 Å². The van der Waals surface area contributed by atoms with Crippen molar-refractivity contribution in [3.63, 3.8) is 0 Å². The first-order chi connectivity index (χ1) is 15.6. The molecule has 5 nitrogen and oxygen atoms in total. The number of carbonyl (C=O) groups is 1. The highest BCUT2D eigenvalue weighted by Crippen LogP contribution is 2.24. The Bertz CT molecular complexity index is 1010. The van der Waals surface area contributed by atoms with E-state index in [-0.39, 0.29) is 17.9 Å². The van der Waals surface area contributed by atoms with E-state index < -0.39 is 0 Å². The average Bonchev–Trinajstić information content (AvgIpc) is 3.21. The third kappa shape index (κ3) is 5.25. The predicted molar refractivity (Wildman–Crippen MR) is 124 cm³/mol. The maximum atomic E-state index is 13.1. The molecule has 1 fully saturated rings. The normalized spacial score (nSPS) is 14.6. The Morgan fingerprint density at radius 1 is 0.938 bits per heavy atom. The lowest BCUT2D eigenvalue weighted by molar-refractivity contribution is 0.199. The predicted octanol–water partition coefficient (Wildman–Crippen LogP) is 5.77. The van der Waals surface area contributed by atoms with Gasteiger partial charge in [0.15, 0.2) is 0 Å². The van der Waals surface area contributed by atoms with Crippen molar-refractivity contribution in [1.82, 2.24) is 9.88 Å². The Hall–Kier alpha value is -3.41. The van der Waals surface area contributed by atoms with E-state index in [0.717, 1.165) is 48.4 Å². The van der Waals surface area contributed by atoms with E-state index in [4.69, 9.17) is 4.74 Å². The molecule has 4 rings (SSSR count). The van der Waals surface area contributed by atoms with Crippen LogP contribution in [0.3, 0.4) is 0 Å². The zero-order valence-corrected chi connectivity index (χ0v) is 18.3. The summed E-state index contributed by atoms with van der Waals surface area (Å²) in [6, 6.07) is 18.3. The van der Waals surface area contributed by atoms with E-state index in [2.05, 4.69) is 11.9 Å². The fraction of sp³-hybridized carbons (Fsp3) is 0.308. The molecular formula is C26H28FN3O2. The third-order valence-corrected chi connectivity index (χ3v) is 5.86. The zero-order chi connectivity index (χ0) is 22.3. The second-order valence-corrected chi connectivity index (χ2v) is 8.06. The minimum Gasteiger partial charge on any atom is -0.494 e. The second-order valence-electron chi connectivity index (χ2n) is 8.06. The van der Waals surface area contributed by atoms with Gasteiger partial charge < -0.3 is 9.64 Å². The molecule has 0 aliphatic carbocycles. The van der Waals surface area contributed by atoms with Gasteiger partial charge in [0.2, 0.25) is 0 Å². The summed E-state index contributed by atoms with van der Waals surface area (Å²) < 4.78 is 18.9. The first-order valence-electron chi connectivity index (χ1n) is 11.1. The van der Waals surface area contributed by atoms with Gasteiger partial charge in [0.05, 0.1) is 6.61 Å². The molecule has 0 N–H and O–H groups in total. The van der Waals surface area contributed by atoms with Crippen LogP contribution < -0.4 is 9.64 Å². The van der Waals surface area contributed by atoms with Crippen LogP contribution in [0.1, 0.15) is 26.2 Å². The average molecular weight is 434 g/mol. The molecule has 1 aliphatic rings. The van der Waals surface area contributed by atoms with Crippen LogP contribution in [0.25, 0.3) is 11.1 Å². The molecule has 1 saturated heterocycles. The summed E-state index contributed by atoms with van der Waals surface area (Å²) >= 11 is 0. The molecule has 0 spiro atoms. The van der Waals surface area contributed by atoms with Crippen LogP contribution in [0.15, 0.2) is 73.1 Å². The van der Waals surface area contributed by atoms with Crippen LogP contribution in [0.5, 0.6) is 5.75 Å². The lowest BCUT2D eigenvalue weighted by Crippen LogP contribution is -2.37. The maximum absolute atomic E-state index is 13.1. The summed E-state index contributed by atoms with van der Waals surface area (Å²) in [5, 5.41) is 0. The molecule has 32 heavy (non-hydrogen) atoms. The number of unbranched alkanes of at least 4 members (excludes halogenated alkanes) is 1.